The highest BCUT2D eigenvalue weighted by molar-refractivity contribution is 14.1. The van der Waals surface area contributed by atoms with Crippen molar-refractivity contribution < 1.29 is 14.7 Å². The van der Waals surface area contributed by atoms with Gasteiger partial charge in [0.25, 0.3) is 0 Å². The zero-order chi connectivity index (χ0) is 13.6. The molecule has 0 bridgehead atoms. The molecule has 4 nitrogen and oxygen atoms in total. The van der Waals surface area contributed by atoms with E-state index in [1.807, 2.05) is 41.5 Å². The Bertz CT molecular complexity index is 320. The summed E-state index contributed by atoms with van der Waals surface area (Å²) < 4.78 is 5.01. The third-order valence-electron chi connectivity index (χ3n) is 3.33. The summed E-state index contributed by atoms with van der Waals surface area (Å²) in [5.74, 6) is -0.234. The van der Waals surface area contributed by atoms with Crippen molar-refractivity contribution in [2.75, 3.05) is 0 Å². The van der Waals surface area contributed by atoms with E-state index in [0.29, 0.717) is 6.42 Å². The molecular weight excluding hydrogens is 333 g/mol. The van der Waals surface area contributed by atoms with Crippen molar-refractivity contribution in [3.8, 4) is 0 Å². The maximum absolute atomic E-state index is 11.9. The van der Waals surface area contributed by atoms with Crippen LogP contribution in [0.2, 0.25) is 0 Å². The van der Waals surface area contributed by atoms with E-state index < -0.39 is 8.96 Å². The Hall–Kier alpha value is 0.120. The van der Waals surface area contributed by atoms with Gasteiger partial charge in [-0.2, -0.15) is 5.06 Å². The van der Waals surface area contributed by atoms with Crippen molar-refractivity contribution in [1.82, 2.24) is 5.06 Å². The van der Waals surface area contributed by atoms with Crippen LogP contribution in [-0.4, -0.2) is 36.8 Å². The maximum atomic E-state index is 11.9. The van der Waals surface area contributed by atoms with E-state index in [9.17, 15) is 10.0 Å². The lowest BCUT2D eigenvalue weighted by Crippen LogP contribution is -2.49. The molecule has 1 aliphatic rings. The summed E-state index contributed by atoms with van der Waals surface area (Å²) in [5, 5.41) is 11.4. The molecule has 1 N–H and O–H groups in total. The molecule has 1 saturated heterocycles. The molecule has 1 aliphatic heterocycles. The van der Waals surface area contributed by atoms with Crippen molar-refractivity contribution in [1.29, 1.82) is 0 Å². The normalized spacial score (nSPS) is 28.1. The molecule has 1 rings (SSSR count). The van der Waals surface area contributed by atoms with Gasteiger partial charge in [0.15, 0.2) is 0 Å². The van der Waals surface area contributed by atoms with Gasteiger partial charge >= 0.3 is 5.97 Å². The number of carbonyl (C=O) groups is 1. The Kier molecular flexibility index (Phi) is 3.88. The molecular formula is C12H22INO3. The molecule has 1 fully saturated rings. The second-order valence-electron chi connectivity index (χ2n) is 6.35. The highest BCUT2D eigenvalue weighted by Gasteiger charge is 2.53. The number of hydroxylamine groups is 2. The Morgan fingerprint density at radius 1 is 1.41 bits per heavy atom. The van der Waals surface area contributed by atoms with Gasteiger partial charge in [-0.3, -0.25) is 4.79 Å². The summed E-state index contributed by atoms with van der Waals surface area (Å²) in [6, 6.07) is 0. The van der Waals surface area contributed by atoms with Crippen molar-refractivity contribution >= 4 is 28.6 Å². The zero-order valence-corrected chi connectivity index (χ0v) is 13.5. The number of hydrogen-bond acceptors (Lipinski definition) is 4. The summed E-state index contributed by atoms with van der Waals surface area (Å²) in [6.45, 7) is 11.3. The standard InChI is InChI=1S/C12H22INO3/c1-10(2)7-8(12(5,6)14(10)16)17-9(15)11(3,4)13/h8,16H,7H2,1-6H3. The molecule has 0 amide bonds. The fourth-order valence-electron chi connectivity index (χ4n) is 2.16. The highest BCUT2D eigenvalue weighted by Crippen LogP contribution is 2.41. The summed E-state index contributed by atoms with van der Waals surface area (Å²) in [4.78, 5) is 11.9. The topological polar surface area (TPSA) is 49.8 Å². The third kappa shape index (κ3) is 2.93. The largest absolute Gasteiger partial charge is 0.459 e. The molecule has 5 heteroatoms. The first-order valence-corrected chi connectivity index (χ1v) is 6.86. The van der Waals surface area contributed by atoms with Gasteiger partial charge in [0.1, 0.15) is 9.53 Å². The van der Waals surface area contributed by atoms with E-state index in [0.717, 1.165) is 0 Å². The van der Waals surface area contributed by atoms with E-state index in [1.54, 1.807) is 0 Å². The second-order valence-corrected chi connectivity index (χ2v) is 9.05. The van der Waals surface area contributed by atoms with Crippen LogP contribution in [0.5, 0.6) is 0 Å². The molecule has 1 unspecified atom stereocenters. The minimum atomic E-state index is -0.555. The van der Waals surface area contributed by atoms with Gasteiger partial charge in [0, 0.05) is 12.0 Å². The minimum Gasteiger partial charge on any atom is -0.459 e. The molecule has 0 aliphatic carbocycles. The van der Waals surface area contributed by atoms with Crippen LogP contribution >= 0.6 is 22.6 Å². The van der Waals surface area contributed by atoms with E-state index in [2.05, 4.69) is 22.6 Å². The van der Waals surface area contributed by atoms with Gasteiger partial charge in [0.2, 0.25) is 0 Å². The zero-order valence-electron chi connectivity index (χ0n) is 11.4. The third-order valence-corrected chi connectivity index (χ3v) is 3.77. The smallest absolute Gasteiger partial charge is 0.321 e. The van der Waals surface area contributed by atoms with Crippen LogP contribution in [0.4, 0.5) is 0 Å². The minimum absolute atomic E-state index is 0.234. The number of carbonyl (C=O) groups excluding carboxylic acids is 1. The number of ether oxygens (including phenoxy) is 1. The first-order valence-electron chi connectivity index (χ1n) is 5.78. The quantitative estimate of drug-likeness (QED) is 0.470. The highest BCUT2D eigenvalue weighted by atomic mass is 127. The Morgan fingerprint density at radius 3 is 2.18 bits per heavy atom. The summed E-state index contributed by atoms with van der Waals surface area (Å²) >= 11 is 2.06. The fourth-order valence-corrected chi connectivity index (χ4v) is 2.29. The molecule has 0 saturated carbocycles. The second kappa shape index (κ2) is 4.35. The molecule has 17 heavy (non-hydrogen) atoms. The van der Waals surface area contributed by atoms with E-state index in [-0.39, 0.29) is 17.6 Å². The lowest BCUT2D eigenvalue weighted by Gasteiger charge is -2.35. The predicted molar refractivity (Wildman–Crippen MR) is 74.4 cm³/mol. The van der Waals surface area contributed by atoms with Gasteiger partial charge in [-0.15, -0.1) is 0 Å². The van der Waals surface area contributed by atoms with Crippen LogP contribution in [0.25, 0.3) is 0 Å². The van der Waals surface area contributed by atoms with Gasteiger partial charge in [-0.05, 0) is 41.5 Å². The van der Waals surface area contributed by atoms with Gasteiger partial charge < -0.3 is 9.94 Å². The average Bonchev–Trinajstić information content (AvgIpc) is 2.26. The van der Waals surface area contributed by atoms with Gasteiger partial charge in [-0.25, -0.2) is 0 Å². The van der Waals surface area contributed by atoms with Gasteiger partial charge in [-0.1, -0.05) is 22.6 Å². The number of alkyl halides is 1. The number of halogens is 1. The Morgan fingerprint density at radius 2 is 1.88 bits per heavy atom. The first kappa shape index (κ1) is 15.2. The molecule has 0 aromatic heterocycles. The molecule has 0 aromatic carbocycles. The monoisotopic (exact) mass is 355 g/mol. The van der Waals surface area contributed by atoms with Crippen LogP contribution in [-0.2, 0) is 9.53 Å². The molecule has 0 spiro atoms. The van der Waals surface area contributed by atoms with Crippen LogP contribution in [0.1, 0.15) is 48.0 Å². The van der Waals surface area contributed by atoms with Crippen LogP contribution in [0, 0.1) is 0 Å². The molecule has 1 atom stereocenters. The van der Waals surface area contributed by atoms with Gasteiger partial charge in [0.05, 0.1) is 5.54 Å². The summed E-state index contributed by atoms with van der Waals surface area (Å²) in [5.41, 5.74) is -0.926. The molecule has 100 valence electrons. The van der Waals surface area contributed by atoms with E-state index >= 15 is 0 Å². The molecule has 0 radical (unpaired) electrons. The molecule has 0 aromatic rings. The Labute approximate surface area is 117 Å². The Balaban J connectivity index is 2.84. The van der Waals surface area contributed by atoms with Crippen molar-refractivity contribution in [2.24, 2.45) is 0 Å². The van der Waals surface area contributed by atoms with Crippen molar-refractivity contribution in [2.45, 2.75) is 68.6 Å². The van der Waals surface area contributed by atoms with Crippen molar-refractivity contribution in [3.63, 3.8) is 0 Å². The lowest BCUT2D eigenvalue weighted by atomic mass is 9.97. The number of hydrogen-bond donors (Lipinski definition) is 1. The number of esters is 1. The van der Waals surface area contributed by atoms with E-state index in [1.165, 1.54) is 5.06 Å². The van der Waals surface area contributed by atoms with Crippen LogP contribution in [0.3, 0.4) is 0 Å². The number of rotatable bonds is 2. The predicted octanol–water partition coefficient (Wildman–Crippen LogP) is 2.76. The van der Waals surface area contributed by atoms with E-state index in [4.69, 9.17) is 4.74 Å². The van der Waals surface area contributed by atoms with Crippen LogP contribution < -0.4 is 0 Å². The molecule has 1 heterocycles. The lowest BCUT2D eigenvalue weighted by molar-refractivity contribution is -0.205. The first-order chi connectivity index (χ1) is 7.39. The number of nitrogens with zero attached hydrogens (tertiary/aromatic N) is 1. The summed E-state index contributed by atoms with van der Waals surface area (Å²) in [7, 11) is 0. The SMILES string of the molecule is CC(C)(I)C(=O)OC1CC(C)(C)N(O)C1(C)C. The average molecular weight is 355 g/mol. The fraction of sp³-hybridized carbons (Fsp3) is 0.917. The maximum Gasteiger partial charge on any atom is 0.321 e. The van der Waals surface area contributed by atoms with Crippen molar-refractivity contribution in [3.05, 3.63) is 0 Å². The summed E-state index contributed by atoms with van der Waals surface area (Å²) in [6.07, 6.45) is 0.346. The van der Waals surface area contributed by atoms with Crippen LogP contribution in [0.15, 0.2) is 0 Å².